The smallest absolute Gasteiger partial charge is 0.492 e. The molecule has 0 saturated heterocycles. The van der Waals surface area contributed by atoms with Gasteiger partial charge in [0.15, 0.2) is 0 Å². The van der Waals surface area contributed by atoms with Crippen molar-refractivity contribution in [3.8, 4) is 11.5 Å². The Morgan fingerprint density at radius 3 is 2.85 bits per heavy atom. The van der Waals surface area contributed by atoms with Crippen molar-refractivity contribution in [2.45, 2.75) is 13.0 Å². The Balaban J connectivity index is 1.91. The predicted octanol–water partition coefficient (Wildman–Crippen LogP) is 0.0406. The van der Waals surface area contributed by atoms with E-state index in [1.165, 1.54) is 7.11 Å². The molecule has 0 radical (unpaired) electrons. The van der Waals surface area contributed by atoms with Crippen LogP contribution in [0.25, 0.3) is 0 Å². The monoisotopic (exact) mass is 276 g/mol. The fraction of sp³-hybridized carbons (Fsp3) is 0.308. The molecule has 106 valence electrons. The Morgan fingerprint density at radius 1 is 1.35 bits per heavy atom. The first-order valence-electron chi connectivity index (χ1n) is 6.33. The van der Waals surface area contributed by atoms with Gasteiger partial charge in [-0.15, -0.1) is 0 Å². The Kier molecular flexibility index (Phi) is 5.03. The number of hydrogen-bond acceptors (Lipinski definition) is 5. The number of benzene rings is 1. The number of aromatic nitrogens is 2. The van der Waals surface area contributed by atoms with Crippen molar-refractivity contribution < 1.29 is 19.5 Å². The predicted molar refractivity (Wildman–Crippen MR) is 75.2 cm³/mol. The molecule has 0 unspecified atom stereocenters. The number of rotatable bonds is 7. The van der Waals surface area contributed by atoms with Crippen LogP contribution in [-0.4, -0.2) is 40.4 Å². The van der Waals surface area contributed by atoms with E-state index in [9.17, 15) is 10.0 Å². The molecule has 0 fully saturated rings. The normalized spacial score (nSPS) is 10.3. The zero-order valence-electron chi connectivity index (χ0n) is 11.3. The van der Waals surface area contributed by atoms with Crippen molar-refractivity contribution in [2.24, 2.45) is 0 Å². The van der Waals surface area contributed by atoms with Crippen molar-refractivity contribution in [2.75, 3.05) is 13.7 Å². The van der Waals surface area contributed by atoms with Crippen molar-refractivity contribution in [1.82, 2.24) is 9.55 Å². The molecule has 1 aromatic heterocycles. The second-order valence-corrected chi connectivity index (χ2v) is 4.28. The molecule has 6 nitrogen and oxygen atoms in total. The topological polar surface area (TPSA) is 76.7 Å². The van der Waals surface area contributed by atoms with Gasteiger partial charge < -0.3 is 24.1 Å². The van der Waals surface area contributed by atoms with Gasteiger partial charge in [0.05, 0.1) is 20.0 Å². The van der Waals surface area contributed by atoms with E-state index in [1.54, 1.807) is 30.7 Å². The summed E-state index contributed by atoms with van der Waals surface area (Å²) in [5, 5.41) is 18.7. The van der Waals surface area contributed by atoms with E-state index >= 15 is 0 Å². The lowest BCUT2D eigenvalue weighted by molar-refractivity contribution is 0.301. The Bertz CT molecular complexity index is 531. The molecule has 0 atom stereocenters. The summed E-state index contributed by atoms with van der Waals surface area (Å²) in [5.74, 6) is 1.00. The highest BCUT2D eigenvalue weighted by Gasteiger charge is 2.18. The van der Waals surface area contributed by atoms with Crippen molar-refractivity contribution in [1.29, 1.82) is 0 Å². The third kappa shape index (κ3) is 3.75. The quantitative estimate of drug-likeness (QED) is 0.551. The highest BCUT2D eigenvalue weighted by atomic mass is 16.5. The van der Waals surface area contributed by atoms with Crippen molar-refractivity contribution in [3.63, 3.8) is 0 Å². The second kappa shape index (κ2) is 6.97. The molecule has 2 N–H and O–H groups in total. The third-order valence-electron chi connectivity index (χ3n) is 2.87. The minimum Gasteiger partial charge on any atom is -0.497 e. The largest absolute Gasteiger partial charge is 0.497 e. The van der Waals surface area contributed by atoms with E-state index < -0.39 is 7.12 Å². The van der Waals surface area contributed by atoms with Gasteiger partial charge in [0.2, 0.25) is 0 Å². The minimum atomic E-state index is -1.59. The summed E-state index contributed by atoms with van der Waals surface area (Å²) in [6.07, 6.45) is 6.15. The second-order valence-electron chi connectivity index (χ2n) is 4.28. The maximum Gasteiger partial charge on any atom is 0.492 e. The number of aryl methyl sites for hydroxylation is 1. The number of ether oxygens (including phenoxy) is 2. The molecule has 7 heteroatoms. The Morgan fingerprint density at radius 2 is 2.20 bits per heavy atom. The van der Waals surface area contributed by atoms with Crippen LogP contribution in [0.5, 0.6) is 11.5 Å². The van der Waals surface area contributed by atoms with Gasteiger partial charge in [0, 0.05) is 24.4 Å². The minimum absolute atomic E-state index is 0.298. The van der Waals surface area contributed by atoms with Gasteiger partial charge in [-0.05, 0) is 24.6 Å². The SMILES string of the molecule is COc1ccc(OCCCn2ccnc2)c(B(O)O)c1. The molecule has 0 spiro atoms. The molecular weight excluding hydrogens is 259 g/mol. The fourth-order valence-corrected chi connectivity index (χ4v) is 1.83. The van der Waals surface area contributed by atoms with Gasteiger partial charge in [-0.3, -0.25) is 0 Å². The summed E-state index contributed by atoms with van der Waals surface area (Å²) in [7, 11) is -0.0668. The zero-order valence-corrected chi connectivity index (χ0v) is 11.3. The summed E-state index contributed by atoms with van der Waals surface area (Å²) >= 11 is 0. The molecule has 0 saturated carbocycles. The van der Waals surface area contributed by atoms with Crippen LogP contribution in [0.15, 0.2) is 36.9 Å². The average Bonchev–Trinajstić information content (AvgIpc) is 2.96. The summed E-state index contributed by atoms with van der Waals surface area (Å²) in [6, 6.07) is 4.94. The third-order valence-corrected chi connectivity index (χ3v) is 2.87. The molecule has 0 bridgehead atoms. The molecule has 2 aromatic rings. The lowest BCUT2D eigenvalue weighted by Crippen LogP contribution is -2.31. The van der Waals surface area contributed by atoms with Crippen LogP contribution in [0.1, 0.15) is 6.42 Å². The summed E-state index contributed by atoms with van der Waals surface area (Å²) in [6.45, 7) is 1.28. The molecular formula is C13H17BN2O4. The van der Waals surface area contributed by atoms with Crippen LogP contribution in [-0.2, 0) is 6.54 Å². The Labute approximate surface area is 117 Å². The molecule has 20 heavy (non-hydrogen) atoms. The summed E-state index contributed by atoms with van der Waals surface area (Å²) < 4.78 is 12.6. The molecule has 0 amide bonds. The van der Waals surface area contributed by atoms with Crippen molar-refractivity contribution >= 4 is 12.6 Å². The van der Waals surface area contributed by atoms with Gasteiger partial charge in [0.25, 0.3) is 0 Å². The summed E-state index contributed by atoms with van der Waals surface area (Å²) in [5.41, 5.74) is 0.298. The van der Waals surface area contributed by atoms with E-state index in [1.807, 2.05) is 10.8 Å². The van der Waals surface area contributed by atoms with E-state index in [-0.39, 0.29) is 0 Å². The molecule has 0 aliphatic rings. The van der Waals surface area contributed by atoms with Gasteiger partial charge in [-0.1, -0.05) is 0 Å². The Hall–Kier alpha value is -1.99. The average molecular weight is 276 g/mol. The maximum atomic E-state index is 9.34. The molecule has 0 aliphatic heterocycles. The number of imidazole rings is 1. The van der Waals surface area contributed by atoms with Gasteiger partial charge in [-0.25, -0.2) is 4.98 Å². The van der Waals surface area contributed by atoms with Crippen LogP contribution < -0.4 is 14.9 Å². The van der Waals surface area contributed by atoms with Crippen LogP contribution >= 0.6 is 0 Å². The van der Waals surface area contributed by atoms with Crippen LogP contribution in [0.4, 0.5) is 0 Å². The number of nitrogens with zero attached hydrogens (tertiary/aromatic N) is 2. The zero-order chi connectivity index (χ0) is 14.4. The highest BCUT2D eigenvalue weighted by molar-refractivity contribution is 6.59. The summed E-state index contributed by atoms with van der Waals surface area (Å²) in [4.78, 5) is 3.96. The van der Waals surface area contributed by atoms with E-state index in [2.05, 4.69) is 4.98 Å². The number of hydrogen-bond donors (Lipinski definition) is 2. The van der Waals surface area contributed by atoms with Crippen LogP contribution in [0.3, 0.4) is 0 Å². The van der Waals surface area contributed by atoms with E-state index in [0.717, 1.165) is 13.0 Å². The molecule has 0 aliphatic carbocycles. The highest BCUT2D eigenvalue weighted by Crippen LogP contribution is 2.16. The molecule has 2 rings (SSSR count). The van der Waals surface area contributed by atoms with Gasteiger partial charge in [-0.2, -0.15) is 0 Å². The lowest BCUT2D eigenvalue weighted by Gasteiger charge is -2.12. The first kappa shape index (κ1) is 14.4. The van der Waals surface area contributed by atoms with Crippen molar-refractivity contribution in [3.05, 3.63) is 36.9 Å². The standard InChI is InChI=1S/C13H17BN2O4/c1-19-11-3-4-13(12(9-11)14(17)18)20-8-2-6-16-7-5-15-10-16/h3-5,7,9-10,17-18H,2,6,8H2,1H3. The first-order valence-corrected chi connectivity index (χ1v) is 6.33. The molecule has 1 heterocycles. The van der Waals surface area contributed by atoms with Crippen LogP contribution in [0, 0.1) is 0 Å². The fourth-order valence-electron chi connectivity index (χ4n) is 1.83. The maximum absolute atomic E-state index is 9.34. The van der Waals surface area contributed by atoms with Gasteiger partial charge >= 0.3 is 7.12 Å². The number of methoxy groups -OCH3 is 1. The first-order chi connectivity index (χ1) is 9.70. The van der Waals surface area contributed by atoms with Gasteiger partial charge in [0.1, 0.15) is 11.5 Å². The lowest BCUT2D eigenvalue weighted by atomic mass is 9.79. The van der Waals surface area contributed by atoms with Crippen LogP contribution in [0.2, 0.25) is 0 Å². The molecule has 1 aromatic carbocycles. The van der Waals surface area contributed by atoms with E-state index in [4.69, 9.17) is 9.47 Å². The van der Waals surface area contributed by atoms with E-state index in [0.29, 0.717) is 23.6 Å².